The molecular formula is C16H10FN3S. The van der Waals surface area contributed by atoms with E-state index in [0.29, 0.717) is 0 Å². The highest BCUT2D eigenvalue weighted by Gasteiger charge is 2.17. The third kappa shape index (κ3) is 2.02. The Morgan fingerprint density at radius 1 is 0.905 bits per heavy atom. The third-order valence-corrected chi connectivity index (χ3v) is 4.38. The van der Waals surface area contributed by atoms with Crippen LogP contribution in [0.1, 0.15) is 0 Å². The minimum absolute atomic E-state index is 0.237. The SMILES string of the molecule is Fc1ccc(-c2sc3ncnn3c2-c2ccccc2)cc1. The molecule has 0 radical (unpaired) electrons. The first-order valence-corrected chi connectivity index (χ1v) is 7.28. The fraction of sp³-hybridized carbons (Fsp3) is 0. The van der Waals surface area contributed by atoms with Gasteiger partial charge in [-0.3, -0.25) is 0 Å². The molecular weight excluding hydrogens is 285 g/mol. The lowest BCUT2D eigenvalue weighted by Gasteiger charge is -2.04. The first-order chi connectivity index (χ1) is 10.3. The van der Waals surface area contributed by atoms with Crippen LogP contribution in [0.5, 0.6) is 0 Å². The van der Waals surface area contributed by atoms with Crippen LogP contribution in [0.4, 0.5) is 4.39 Å². The lowest BCUT2D eigenvalue weighted by molar-refractivity contribution is 0.628. The summed E-state index contributed by atoms with van der Waals surface area (Å²) in [6, 6.07) is 16.5. The van der Waals surface area contributed by atoms with Gasteiger partial charge in [-0.15, -0.1) is 0 Å². The molecule has 0 amide bonds. The first kappa shape index (κ1) is 12.2. The van der Waals surface area contributed by atoms with Crippen LogP contribution in [0.25, 0.3) is 26.7 Å². The van der Waals surface area contributed by atoms with Gasteiger partial charge in [0.2, 0.25) is 4.96 Å². The summed E-state index contributed by atoms with van der Waals surface area (Å²) in [6.07, 6.45) is 1.55. The van der Waals surface area contributed by atoms with Crippen LogP contribution in [-0.2, 0) is 0 Å². The number of halogens is 1. The lowest BCUT2D eigenvalue weighted by Crippen LogP contribution is -1.90. The van der Waals surface area contributed by atoms with E-state index in [0.717, 1.165) is 26.7 Å². The first-order valence-electron chi connectivity index (χ1n) is 6.47. The van der Waals surface area contributed by atoms with Crippen molar-refractivity contribution < 1.29 is 4.39 Å². The average molecular weight is 295 g/mol. The van der Waals surface area contributed by atoms with Crippen LogP contribution in [0.3, 0.4) is 0 Å². The molecule has 102 valence electrons. The molecule has 0 unspecified atom stereocenters. The van der Waals surface area contributed by atoms with Crippen molar-refractivity contribution in [2.24, 2.45) is 0 Å². The summed E-state index contributed by atoms with van der Waals surface area (Å²) in [4.78, 5) is 6.13. The molecule has 0 fully saturated rings. The van der Waals surface area contributed by atoms with E-state index < -0.39 is 0 Å². The molecule has 0 bridgehead atoms. The molecule has 0 N–H and O–H groups in total. The zero-order valence-electron chi connectivity index (χ0n) is 10.9. The Morgan fingerprint density at radius 2 is 1.67 bits per heavy atom. The van der Waals surface area contributed by atoms with Gasteiger partial charge in [-0.25, -0.2) is 13.9 Å². The van der Waals surface area contributed by atoms with Gasteiger partial charge in [0.15, 0.2) is 0 Å². The van der Waals surface area contributed by atoms with Crippen molar-refractivity contribution in [1.29, 1.82) is 0 Å². The van der Waals surface area contributed by atoms with Gasteiger partial charge in [0.1, 0.15) is 12.1 Å². The summed E-state index contributed by atoms with van der Waals surface area (Å²) in [5.41, 5.74) is 3.01. The van der Waals surface area contributed by atoms with Gasteiger partial charge >= 0.3 is 0 Å². The molecule has 0 aliphatic rings. The second kappa shape index (κ2) is 4.79. The zero-order chi connectivity index (χ0) is 14.2. The van der Waals surface area contributed by atoms with E-state index in [1.807, 2.05) is 34.8 Å². The topological polar surface area (TPSA) is 30.2 Å². The van der Waals surface area contributed by atoms with Crippen molar-refractivity contribution >= 4 is 16.3 Å². The van der Waals surface area contributed by atoms with Gasteiger partial charge in [0.05, 0.1) is 10.6 Å². The molecule has 21 heavy (non-hydrogen) atoms. The summed E-state index contributed by atoms with van der Waals surface area (Å²) in [5, 5.41) is 4.30. The van der Waals surface area contributed by atoms with E-state index in [1.54, 1.807) is 29.8 Å². The number of aromatic nitrogens is 3. The molecule has 2 heterocycles. The van der Waals surface area contributed by atoms with E-state index in [9.17, 15) is 4.39 Å². The van der Waals surface area contributed by atoms with Gasteiger partial charge in [0.25, 0.3) is 0 Å². The number of nitrogens with zero attached hydrogens (tertiary/aromatic N) is 3. The van der Waals surface area contributed by atoms with E-state index >= 15 is 0 Å². The van der Waals surface area contributed by atoms with Crippen LogP contribution < -0.4 is 0 Å². The van der Waals surface area contributed by atoms with Crippen LogP contribution >= 0.6 is 11.3 Å². The Morgan fingerprint density at radius 3 is 2.43 bits per heavy atom. The van der Waals surface area contributed by atoms with Crippen LogP contribution in [0, 0.1) is 5.82 Å². The molecule has 3 nitrogen and oxygen atoms in total. The van der Waals surface area contributed by atoms with Gasteiger partial charge < -0.3 is 0 Å². The number of hydrogen-bond donors (Lipinski definition) is 0. The van der Waals surface area contributed by atoms with Crippen molar-refractivity contribution in [3.8, 4) is 21.7 Å². The highest BCUT2D eigenvalue weighted by molar-refractivity contribution is 7.20. The Kier molecular flexibility index (Phi) is 2.79. The summed E-state index contributed by atoms with van der Waals surface area (Å²) in [6.45, 7) is 0. The molecule has 2 aromatic carbocycles. The quantitative estimate of drug-likeness (QED) is 0.553. The Labute approximate surface area is 124 Å². The summed E-state index contributed by atoms with van der Waals surface area (Å²) >= 11 is 1.55. The summed E-state index contributed by atoms with van der Waals surface area (Å²) < 4.78 is 15.0. The Bertz CT molecular complexity index is 894. The van der Waals surface area contributed by atoms with Crippen molar-refractivity contribution in [1.82, 2.24) is 14.6 Å². The second-order valence-electron chi connectivity index (χ2n) is 4.61. The highest BCUT2D eigenvalue weighted by atomic mass is 32.1. The maximum atomic E-state index is 13.1. The molecule has 4 aromatic rings. The number of rotatable bonds is 2. The van der Waals surface area contributed by atoms with Crippen LogP contribution in [0.2, 0.25) is 0 Å². The number of thiazole rings is 1. The predicted molar refractivity (Wildman–Crippen MR) is 81.7 cm³/mol. The summed E-state index contributed by atoms with van der Waals surface area (Å²) in [7, 11) is 0. The molecule has 5 heteroatoms. The lowest BCUT2D eigenvalue weighted by atomic mass is 10.1. The van der Waals surface area contributed by atoms with E-state index in [4.69, 9.17) is 0 Å². The maximum Gasteiger partial charge on any atom is 0.213 e. The summed E-state index contributed by atoms with van der Waals surface area (Å²) in [5.74, 6) is -0.237. The van der Waals surface area contributed by atoms with Gasteiger partial charge in [-0.05, 0) is 17.7 Å². The van der Waals surface area contributed by atoms with Crippen molar-refractivity contribution in [3.63, 3.8) is 0 Å². The molecule has 0 atom stereocenters. The van der Waals surface area contributed by atoms with Crippen LogP contribution in [0.15, 0.2) is 60.9 Å². The average Bonchev–Trinajstić information content (AvgIpc) is 3.09. The molecule has 0 spiro atoms. The number of fused-ring (bicyclic) bond motifs is 1. The highest BCUT2D eigenvalue weighted by Crippen LogP contribution is 2.38. The molecule has 0 aliphatic heterocycles. The smallest absolute Gasteiger partial charge is 0.207 e. The molecule has 0 saturated carbocycles. The molecule has 0 aliphatic carbocycles. The number of benzene rings is 2. The fourth-order valence-corrected chi connectivity index (χ4v) is 3.40. The minimum Gasteiger partial charge on any atom is -0.207 e. The van der Waals surface area contributed by atoms with E-state index in [2.05, 4.69) is 10.1 Å². The zero-order valence-corrected chi connectivity index (χ0v) is 11.7. The monoisotopic (exact) mass is 295 g/mol. The normalized spacial score (nSPS) is 11.1. The predicted octanol–water partition coefficient (Wildman–Crippen LogP) is 4.26. The van der Waals surface area contributed by atoms with Crippen LogP contribution in [-0.4, -0.2) is 14.6 Å². The molecule has 2 aromatic heterocycles. The third-order valence-electron chi connectivity index (χ3n) is 3.29. The van der Waals surface area contributed by atoms with Gasteiger partial charge in [-0.2, -0.15) is 5.10 Å². The Hall–Kier alpha value is -2.53. The van der Waals surface area contributed by atoms with E-state index in [1.165, 1.54) is 12.1 Å². The molecule has 0 saturated heterocycles. The van der Waals surface area contributed by atoms with Crippen molar-refractivity contribution in [2.45, 2.75) is 0 Å². The van der Waals surface area contributed by atoms with E-state index in [-0.39, 0.29) is 5.82 Å². The van der Waals surface area contributed by atoms with Gasteiger partial charge in [-0.1, -0.05) is 53.8 Å². The minimum atomic E-state index is -0.237. The van der Waals surface area contributed by atoms with Gasteiger partial charge in [0, 0.05) is 5.56 Å². The molecule has 4 rings (SSSR count). The standard InChI is InChI=1S/C16H10FN3S/c17-13-8-6-12(7-9-13)15-14(11-4-2-1-3-5-11)20-16(21-15)18-10-19-20/h1-10H. The Balaban J connectivity index is 2.01. The maximum absolute atomic E-state index is 13.1. The second-order valence-corrected chi connectivity index (χ2v) is 5.58. The fourth-order valence-electron chi connectivity index (χ4n) is 2.34. The van der Waals surface area contributed by atoms with Crippen molar-refractivity contribution in [3.05, 3.63) is 66.7 Å². The largest absolute Gasteiger partial charge is 0.213 e. The number of hydrogen-bond acceptors (Lipinski definition) is 3. The van der Waals surface area contributed by atoms with Crippen molar-refractivity contribution in [2.75, 3.05) is 0 Å².